The number of nitrogens with one attached hydrogen (secondary N) is 1. The first kappa shape index (κ1) is 14.9. The van der Waals surface area contributed by atoms with Crippen LogP contribution in [0.5, 0.6) is 5.75 Å². The monoisotopic (exact) mass is 301 g/mol. The van der Waals surface area contributed by atoms with Crippen molar-refractivity contribution in [2.75, 3.05) is 0 Å². The number of amides is 1. The summed E-state index contributed by atoms with van der Waals surface area (Å²) >= 11 is 5.93. The second-order valence-electron chi connectivity index (χ2n) is 4.17. The second kappa shape index (κ2) is 6.75. The van der Waals surface area contributed by atoms with Gasteiger partial charge in [-0.25, -0.2) is 5.84 Å². The molecule has 0 aliphatic heterocycles. The Morgan fingerprint density at radius 3 is 2.76 bits per heavy atom. The van der Waals surface area contributed by atoms with Crippen LogP contribution in [-0.4, -0.2) is 5.91 Å². The molecule has 0 aliphatic rings. The number of hydrogen-bond donors (Lipinski definition) is 2. The Kier molecular flexibility index (Phi) is 4.77. The van der Waals surface area contributed by atoms with E-state index in [0.29, 0.717) is 27.5 Å². The molecular weight excluding hydrogens is 290 g/mol. The minimum Gasteiger partial charge on any atom is -0.489 e. The first-order valence-electron chi connectivity index (χ1n) is 6.07. The van der Waals surface area contributed by atoms with Crippen LogP contribution in [0.1, 0.15) is 21.5 Å². The number of benzene rings is 2. The molecule has 0 spiro atoms. The van der Waals surface area contributed by atoms with E-state index in [-0.39, 0.29) is 12.5 Å². The van der Waals surface area contributed by atoms with Crippen LogP contribution in [-0.2, 0) is 6.61 Å². The van der Waals surface area contributed by atoms with Gasteiger partial charge < -0.3 is 4.74 Å². The lowest BCUT2D eigenvalue weighted by Gasteiger charge is -2.10. The smallest absolute Gasteiger partial charge is 0.265 e. The number of rotatable bonds is 4. The molecule has 3 N–H and O–H groups in total. The number of hydrogen-bond acceptors (Lipinski definition) is 4. The lowest BCUT2D eigenvalue weighted by molar-refractivity contribution is 0.0951. The number of nitriles is 1. The first-order valence-corrected chi connectivity index (χ1v) is 6.45. The van der Waals surface area contributed by atoms with E-state index in [9.17, 15) is 4.79 Å². The van der Waals surface area contributed by atoms with E-state index < -0.39 is 0 Å². The van der Waals surface area contributed by atoms with E-state index in [2.05, 4.69) is 5.43 Å². The van der Waals surface area contributed by atoms with Crippen molar-refractivity contribution >= 4 is 17.5 Å². The molecule has 0 heterocycles. The summed E-state index contributed by atoms with van der Waals surface area (Å²) in [5.41, 5.74) is 3.61. The van der Waals surface area contributed by atoms with Gasteiger partial charge in [0.2, 0.25) is 0 Å². The SMILES string of the molecule is N#Cc1ccc(OCc2ccccc2C(=O)NN)cc1Cl. The van der Waals surface area contributed by atoms with Crippen molar-refractivity contribution in [2.24, 2.45) is 5.84 Å². The molecule has 2 aromatic carbocycles. The van der Waals surface area contributed by atoms with Crippen LogP contribution in [0.2, 0.25) is 5.02 Å². The van der Waals surface area contributed by atoms with Crippen LogP contribution >= 0.6 is 11.6 Å². The maximum absolute atomic E-state index is 11.6. The minimum absolute atomic E-state index is 0.186. The molecule has 1 amide bonds. The van der Waals surface area contributed by atoms with Gasteiger partial charge in [-0.15, -0.1) is 0 Å². The van der Waals surface area contributed by atoms with Crippen LogP contribution in [0, 0.1) is 11.3 Å². The molecule has 0 saturated carbocycles. The third-order valence-electron chi connectivity index (χ3n) is 2.85. The lowest BCUT2D eigenvalue weighted by Crippen LogP contribution is -2.30. The molecule has 6 heteroatoms. The van der Waals surface area contributed by atoms with Crippen LogP contribution in [0.3, 0.4) is 0 Å². The molecule has 2 rings (SSSR count). The fraction of sp³-hybridized carbons (Fsp3) is 0.0667. The number of nitrogens with zero attached hydrogens (tertiary/aromatic N) is 1. The number of hydrazine groups is 1. The fourth-order valence-electron chi connectivity index (χ4n) is 1.78. The minimum atomic E-state index is -0.382. The number of carbonyl (C=O) groups excluding carboxylic acids is 1. The largest absolute Gasteiger partial charge is 0.489 e. The van der Waals surface area contributed by atoms with Gasteiger partial charge in [0.05, 0.1) is 10.6 Å². The van der Waals surface area contributed by atoms with Crippen LogP contribution in [0.15, 0.2) is 42.5 Å². The summed E-state index contributed by atoms with van der Waals surface area (Å²) in [6, 6.07) is 13.7. The highest BCUT2D eigenvalue weighted by atomic mass is 35.5. The molecule has 2 aromatic rings. The standard InChI is InChI=1S/C15H12ClN3O2/c16-14-7-12(6-5-10(14)8-17)21-9-11-3-1-2-4-13(11)15(20)19-18/h1-7H,9,18H2,(H,19,20). The van der Waals surface area contributed by atoms with Crippen molar-refractivity contribution in [1.29, 1.82) is 5.26 Å². The van der Waals surface area contributed by atoms with Gasteiger partial charge in [0.1, 0.15) is 18.4 Å². The van der Waals surface area contributed by atoms with Crippen molar-refractivity contribution in [3.05, 3.63) is 64.2 Å². The summed E-state index contributed by atoms with van der Waals surface area (Å²) in [5.74, 6) is 5.28. The maximum Gasteiger partial charge on any atom is 0.265 e. The predicted molar refractivity (Wildman–Crippen MR) is 78.6 cm³/mol. The Bertz CT molecular complexity index is 710. The molecule has 0 fully saturated rings. The van der Waals surface area contributed by atoms with E-state index in [1.807, 2.05) is 6.07 Å². The number of nitrogen functional groups attached to an aromatic ring is 1. The van der Waals surface area contributed by atoms with Crippen molar-refractivity contribution in [3.63, 3.8) is 0 Å². The Morgan fingerprint density at radius 2 is 2.10 bits per heavy atom. The third kappa shape index (κ3) is 3.51. The Hall–Kier alpha value is -2.55. The number of halogens is 1. The van der Waals surface area contributed by atoms with E-state index in [1.54, 1.807) is 42.5 Å². The molecular formula is C15H12ClN3O2. The molecule has 0 aromatic heterocycles. The fourth-order valence-corrected chi connectivity index (χ4v) is 2.00. The zero-order valence-corrected chi connectivity index (χ0v) is 11.7. The summed E-state index contributed by atoms with van der Waals surface area (Å²) in [5, 5.41) is 9.13. The normalized spacial score (nSPS) is 9.76. The van der Waals surface area contributed by atoms with Crippen molar-refractivity contribution < 1.29 is 9.53 Å². The Balaban J connectivity index is 2.15. The zero-order valence-electron chi connectivity index (χ0n) is 11.0. The number of nitrogens with two attached hydrogens (primary N) is 1. The second-order valence-corrected chi connectivity index (χ2v) is 4.58. The van der Waals surface area contributed by atoms with Gasteiger partial charge in [-0.2, -0.15) is 5.26 Å². The van der Waals surface area contributed by atoms with Crippen molar-refractivity contribution in [2.45, 2.75) is 6.61 Å². The topological polar surface area (TPSA) is 88.1 Å². The molecule has 5 nitrogen and oxygen atoms in total. The van der Waals surface area contributed by atoms with E-state index in [4.69, 9.17) is 27.4 Å². The molecule has 21 heavy (non-hydrogen) atoms. The van der Waals surface area contributed by atoms with Crippen LogP contribution in [0.25, 0.3) is 0 Å². The molecule has 0 bridgehead atoms. The van der Waals surface area contributed by atoms with Crippen molar-refractivity contribution in [3.8, 4) is 11.8 Å². The molecule has 106 valence electrons. The lowest BCUT2D eigenvalue weighted by atomic mass is 10.1. The summed E-state index contributed by atoms with van der Waals surface area (Å²) in [6.07, 6.45) is 0. The zero-order chi connectivity index (χ0) is 15.2. The highest BCUT2D eigenvalue weighted by molar-refractivity contribution is 6.31. The average Bonchev–Trinajstić information content (AvgIpc) is 2.52. The van der Waals surface area contributed by atoms with Crippen LogP contribution in [0.4, 0.5) is 0 Å². The van der Waals surface area contributed by atoms with E-state index in [1.165, 1.54) is 0 Å². The molecule has 0 saturated heterocycles. The van der Waals surface area contributed by atoms with Gasteiger partial charge in [0, 0.05) is 17.2 Å². The van der Waals surface area contributed by atoms with E-state index >= 15 is 0 Å². The number of carbonyl (C=O) groups is 1. The molecule has 0 aliphatic carbocycles. The quantitative estimate of drug-likeness (QED) is 0.515. The Morgan fingerprint density at radius 1 is 1.33 bits per heavy atom. The highest BCUT2D eigenvalue weighted by Gasteiger charge is 2.10. The van der Waals surface area contributed by atoms with Gasteiger partial charge in [-0.3, -0.25) is 10.2 Å². The first-order chi connectivity index (χ1) is 10.2. The molecule has 0 atom stereocenters. The predicted octanol–water partition coefficient (Wildman–Crippen LogP) is 2.39. The van der Waals surface area contributed by atoms with Gasteiger partial charge >= 0.3 is 0 Å². The third-order valence-corrected chi connectivity index (χ3v) is 3.16. The summed E-state index contributed by atoms with van der Waals surface area (Å²) in [7, 11) is 0. The Labute approximate surface area is 126 Å². The van der Waals surface area contributed by atoms with Gasteiger partial charge in [-0.05, 0) is 18.2 Å². The number of ether oxygens (including phenoxy) is 1. The van der Waals surface area contributed by atoms with Crippen molar-refractivity contribution in [1.82, 2.24) is 5.43 Å². The van der Waals surface area contributed by atoms with Gasteiger partial charge in [-0.1, -0.05) is 29.8 Å². The summed E-state index contributed by atoms with van der Waals surface area (Å²) in [4.78, 5) is 11.6. The average molecular weight is 302 g/mol. The maximum atomic E-state index is 11.6. The summed E-state index contributed by atoms with van der Waals surface area (Å²) in [6.45, 7) is 0.186. The molecule has 0 radical (unpaired) electrons. The molecule has 0 unspecified atom stereocenters. The van der Waals surface area contributed by atoms with Crippen LogP contribution < -0.4 is 16.0 Å². The van der Waals surface area contributed by atoms with Gasteiger partial charge in [0.15, 0.2) is 0 Å². The van der Waals surface area contributed by atoms with Gasteiger partial charge in [0.25, 0.3) is 5.91 Å². The highest BCUT2D eigenvalue weighted by Crippen LogP contribution is 2.23. The van der Waals surface area contributed by atoms with E-state index in [0.717, 1.165) is 0 Å². The summed E-state index contributed by atoms with van der Waals surface area (Å²) < 4.78 is 5.59.